The Hall–Kier alpha value is -2.37. The maximum atomic E-state index is 10.9. The van der Waals surface area contributed by atoms with Crippen molar-refractivity contribution in [2.45, 2.75) is 26.7 Å². The third-order valence-electron chi connectivity index (χ3n) is 2.64. The molecule has 6 heteroatoms. The van der Waals surface area contributed by atoms with E-state index in [9.17, 15) is 14.9 Å². The highest BCUT2D eigenvalue weighted by Gasteiger charge is 2.12. The van der Waals surface area contributed by atoms with Crippen LogP contribution in [0.1, 0.15) is 32.3 Å². The molecule has 0 bridgehead atoms. The molecule has 0 amide bonds. The minimum Gasteiger partial charge on any atom is -0.494 e. The topological polar surface area (TPSA) is 78.7 Å². The normalized spacial score (nSPS) is 11.0. The Morgan fingerprint density at radius 2 is 2.00 bits per heavy atom. The second-order valence-corrected chi connectivity index (χ2v) is 4.44. The molecule has 0 saturated heterocycles. The second-order valence-electron chi connectivity index (χ2n) is 4.44. The van der Waals surface area contributed by atoms with E-state index in [0.29, 0.717) is 12.2 Å². The number of unbranched alkanes of at least 4 members (excludes halogenated alkanes) is 1. The fourth-order valence-corrected chi connectivity index (χ4v) is 1.51. The first-order valence-corrected chi connectivity index (χ1v) is 6.74. The van der Waals surface area contributed by atoms with Crippen molar-refractivity contribution >= 4 is 12.0 Å². The summed E-state index contributed by atoms with van der Waals surface area (Å²) in [6.07, 6.45) is 3.41. The van der Waals surface area contributed by atoms with Crippen molar-refractivity contribution in [2.75, 3.05) is 13.2 Å². The van der Waals surface area contributed by atoms with Gasteiger partial charge in [0.2, 0.25) is 0 Å². The summed E-state index contributed by atoms with van der Waals surface area (Å²) in [5, 5.41) is 10.9. The molecule has 0 spiro atoms. The first-order chi connectivity index (χ1) is 10.0. The Balaban J connectivity index is 2.71. The molecule has 0 aliphatic heterocycles. The number of esters is 1. The van der Waals surface area contributed by atoms with Gasteiger partial charge in [-0.1, -0.05) is 25.5 Å². The Labute approximate surface area is 123 Å². The molecule has 21 heavy (non-hydrogen) atoms. The molecule has 0 aliphatic carbocycles. The van der Waals surface area contributed by atoms with Gasteiger partial charge in [-0.3, -0.25) is 14.9 Å². The van der Waals surface area contributed by atoms with E-state index in [4.69, 9.17) is 4.74 Å². The summed E-state index contributed by atoms with van der Waals surface area (Å²) >= 11 is 0. The molecule has 0 aromatic heterocycles. The Kier molecular flexibility index (Phi) is 6.94. The highest BCUT2D eigenvalue weighted by molar-refractivity contribution is 5.66. The maximum Gasteiger partial charge on any atom is 0.303 e. The van der Waals surface area contributed by atoms with Crippen LogP contribution in [-0.2, 0) is 9.53 Å². The van der Waals surface area contributed by atoms with Gasteiger partial charge < -0.3 is 9.47 Å². The average Bonchev–Trinajstić information content (AvgIpc) is 2.44. The summed E-state index contributed by atoms with van der Waals surface area (Å²) in [6.45, 7) is 3.59. The monoisotopic (exact) mass is 293 g/mol. The van der Waals surface area contributed by atoms with E-state index >= 15 is 0 Å². The van der Waals surface area contributed by atoms with E-state index in [2.05, 4.69) is 11.7 Å². The van der Waals surface area contributed by atoms with Crippen molar-refractivity contribution in [2.24, 2.45) is 0 Å². The van der Waals surface area contributed by atoms with Crippen LogP contribution in [0.2, 0.25) is 0 Å². The Morgan fingerprint density at radius 3 is 2.52 bits per heavy atom. The van der Waals surface area contributed by atoms with E-state index in [1.54, 1.807) is 24.3 Å². The molecule has 0 radical (unpaired) electrons. The fourth-order valence-electron chi connectivity index (χ4n) is 1.51. The molecular formula is C15H19NO5. The number of nitrogens with zero attached hydrogens (tertiary/aromatic N) is 1. The highest BCUT2D eigenvalue weighted by Crippen LogP contribution is 2.15. The zero-order valence-electron chi connectivity index (χ0n) is 12.2. The van der Waals surface area contributed by atoms with Gasteiger partial charge in [0.05, 0.1) is 11.5 Å². The third kappa shape index (κ3) is 6.56. The SMILES string of the molecule is CCCCOc1ccc(/C=C(/COC(C)=O)[N+](=O)[O-])cc1. The van der Waals surface area contributed by atoms with Crippen LogP contribution in [0.15, 0.2) is 30.0 Å². The van der Waals surface area contributed by atoms with Gasteiger partial charge in [-0.15, -0.1) is 0 Å². The molecule has 0 fully saturated rings. The average molecular weight is 293 g/mol. The van der Waals surface area contributed by atoms with Gasteiger partial charge in [0.25, 0.3) is 5.70 Å². The lowest BCUT2D eigenvalue weighted by Gasteiger charge is -2.05. The number of hydrogen-bond donors (Lipinski definition) is 0. The van der Waals surface area contributed by atoms with Gasteiger partial charge in [0.1, 0.15) is 5.75 Å². The van der Waals surface area contributed by atoms with Crippen LogP contribution in [0.5, 0.6) is 5.75 Å². The minimum atomic E-state index is -0.561. The molecule has 0 N–H and O–H groups in total. The molecule has 0 heterocycles. The summed E-state index contributed by atoms with van der Waals surface area (Å²) in [7, 11) is 0. The van der Waals surface area contributed by atoms with Crippen molar-refractivity contribution in [1.82, 2.24) is 0 Å². The summed E-state index contributed by atoms with van der Waals surface area (Å²) < 4.78 is 10.2. The van der Waals surface area contributed by atoms with Crippen LogP contribution in [0.3, 0.4) is 0 Å². The lowest BCUT2D eigenvalue weighted by Crippen LogP contribution is -2.09. The third-order valence-corrected chi connectivity index (χ3v) is 2.64. The Morgan fingerprint density at radius 1 is 1.33 bits per heavy atom. The molecule has 1 rings (SSSR count). The second kappa shape index (κ2) is 8.73. The van der Waals surface area contributed by atoms with Crippen molar-refractivity contribution in [3.05, 3.63) is 45.6 Å². The van der Waals surface area contributed by atoms with Crippen LogP contribution in [0.4, 0.5) is 0 Å². The van der Waals surface area contributed by atoms with Crippen LogP contribution < -0.4 is 4.74 Å². The first kappa shape index (κ1) is 16.7. The number of benzene rings is 1. The fraction of sp³-hybridized carbons (Fsp3) is 0.400. The van der Waals surface area contributed by atoms with Crippen molar-refractivity contribution in [1.29, 1.82) is 0 Å². The number of hydrogen-bond acceptors (Lipinski definition) is 5. The highest BCUT2D eigenvalue weighted by atomic mass is 16.6. The predicted octanol–water partition coefficient (Wildman–Crippen LogP) is 3.05. The molecule has 1 aromatic carbocycles. The summed E-state index contributed by atoms with van der Waals surface area (Å²) in [5.74, 6) is 0.172. The lowest BCUT2D eigenvalue weighted by atomic mass is 10.2. The lowest BCUT2D eigenvalue weighted by molar-refractivity contribution is -0.428. The van der Waals surface area contributed by atoms with Crippen LogP contribution in [0.25, 0.3) is 6.08 Å². The number of ether oxygens (including phenoxy) is 2. The van der Waals surface area contributed by atoms with E-state index in [0.717, 1.165) is 18.6 Å². The summed E-state index contributed by atoms with van der Waals surface area (Å²) in [6, 6.07) is 6.95. The number of carbonyl (C=O) groups excluding carboxylic acids is 1. The molecule has 0 unspecified atom stereocenters. The van der Waals surface area contributed by atoms with E-state index in [-0.39, 0.29) is 12.3 Å². The summed E-state index contributed by atoms with van der Waals surface area (Å²) in [4.78, 5) is 21.0. The van der Waals surface area contributed by atoms with Gasteiger partial charge in [-0.05, 0) is 24.1 Å². The van der Waals surface area contributed by atoms with Crippen LogP contribution in [0, 0.1) is 10.1 Å². The molecular weight excluding hydrogens is 274 g/mol. The molecule has 0 aliphatic rings. The quantitative estimate of drug-likeness (QED) is 0.318. The number of carbonyl (C=O) groups is 1. The number of rotatable bonds is 8. The predicted molar refractivity (Wildman–Crippen MR) is 78.4 cm³/mol. The zero-order chi connectivity index (χ0) is 15.7. The van der Waals surface area contributed by atoms with E-state index in [1.807, 2.05) is 0 Å². The molecule has 6 nitrogen and oxygen atoms in total. The van der Waals surface area contributed by atoms with Crippen LogP contribution in [-0.4, -0.2) is 24.1 Å². The molecule has 0 atom stereocenters. The smallest absolute Gasteiger partial charge is 0.303 e. The van der Waals surface area contributed by atoms with Crippen LogP contribution >= 0.6 is 0 Å². The largest absolute Gasteiger partial charge is 0.494 e. The van der Waals surface area contributed by atoms with Gasteiger partial charge >= 0.3 is 5.97 Å². The summed E-state index contributed by atoms with van der Waals surface area (Å²) in [5.41, 5.74) is 0.474. The van der Waals surface area contributed by atoms with E-state index < -0.39 is 10.9 Å². The van der Waals surface area contributed by atoms with Gasteiger partial charge in [-0.2, -0.15) is 0 Å². The Bertz CT molecular complexity index is 507. The zero-order valence-corrected chi connectivity index (χ0v) is 12.2. The number of nitro groups is 1. The van der Waals surface area contributed by atoms with Crippen molar-refractivity contribution < 1.29 is 19.2 Å². The van der Waals surface area contributed by atoms with Gasteiger partial charge in [0, 0.05) is 13.0 Å². The van der Waals surface area contributed by atoms with Gasteiger partial charge in [-0.25, -0.2) is 0 Å². The first-order valence-electron chi connectivity index (χ1n) is 6.74. The standard InChI is InChI=1S/C15H19NO5/c1-3-4-9-20-15-7-5-13(6-8-15)10-14(16(18)19)11-21-12(2)17/h5-8,10H,3-4,9,11H2,1-2H3/b14-10-. The van der Waals surface area contributed by atoms with Crippen molar-refractivity contribution in [3.8, 4) is 5.75 Å². The molecule has 114 valence electrons. The van der Waals surface area contributed by atoms with E-state index in [1.165, 1.54) is 13.0 Å². The maximum absolute atomic E-state index is 10.9. The minimum absolute atomic E-state index is 0.176. The molecule has 1 aromatic rings. The van der Waals surface area contributed by atoms with Gasteiger partial charge in [0.15, 0.2) is 6.61 Å². The molecule has 0 saturated carbocycles. The van der Waals surface area contributed by atoms with Crippen molar-refractivity contribution in [3.63, 3.8) is 0 Å².